The predicted octanol–water partition coefficient (Wildman–Crippen LogP) is 3.56. The number of ether oxygens (including phenoxy) is 1. The largest absolute Gasteiger partial charge is 0.481 e. The first-order valence-corrected chi connectivity index (χ1v) is 5.98. The van der Waals surface area contributed by atoms with Crippen LogP contribution < -0.4 is 10.5 Å². The summed E-state index contributed by atoms with van der Waals surface area (Å²) in [6.45, 7) is 1.78. The van der Waals surface area contributed by atoms with Crippen molar-refractivity contribution in [3.8, 4) is 5.75 Å². The molecule has 1 aromatic carbocycles. The van der Waals surface area contributed by atoms with Crippen molar-refractivity contribution in [1.29, 1.82) is 0 Å². The van der Waals surface area contributed by atoms with E-state index in [1.54, 1.807) is 0 Å². The SMILES string of the molecule is CCc1cc(OC(CCN)C(F)(F)F)ccc1Cl. The molecule has 0 aliphatic rings. The highest BCUT2D eigenvalue weighted by Crippen LogP contribution is 2.29. The van der Waals surface area contributed by atoms with E-state index in [1.807, 2.05) is 6.92 Å². The van der Waals surface area contributed by atoms with E-state index in [4.69, 9.17) is 22.1 Å². The molecule has 0 heterocycles. The number of nitrogens with two attached hydrogens (primary N) is 1. The third kappa shape index (κ3) is 4.07. The molecule has 0 aromatic heterocycles. The molecule has 0 radical (unpaired) electrons. The Balaban J connectivity index is 2.87. The maximum atomic E-state index is 12.6. The van der Waals surface area contributed by atoms with Crippen LogP contribution >= 0.6 is 11.6 Å². The smallest absolute Gasteiger partial charge is 0.425 e. The van der Waals surface area contributed by atoms with Gasteiger partial charge in [-0.2, -0.15) is 13.2 Å². The topological polar surface area (TPSA) is 35.2 Å². The quantitative estimate of drug-likeness (QED) is 0.896. The van der Waals surface area contributed by atoms with Gasteiger partial charge in [-0.15, -0.1) is 0 Å². The van der Waals surface area contributed by atoms with Crippen molar-refractivity contribution in [3.63, 3.8) is 0 Å². The molecule has 1 rings (SSSR count). The number of alkyl halides is 3. The number of halogens is 4. The number of benzene rings is 1. The van der Waals surface area contributed by atoms with Gasteiger partial charge in [0.1, 0.15) is 5.75 Å². The summed E-state index contributed by atoms with van der Waals surface area (Å²) >= 11 is 5.89. The van der Waals surface area contributed by atoms with Crippen molar-refractivity contribution in [2.24, 2.45) is 5.73 Å². The molecule has 1 unspecified atom stereocenters. The van der Waals surface area contributed by atoms with E-state index in [1.165, 1.54) is 18.2 Å². The lowest BCUT2D eigenvalue weighted by molar-refractivity contribution is -0.196. The van der Waals surface area contributed by atoms with Crippen molar-refractivity contribution in [1.82, 2.24) is 0 Å². The number of aryl methyl sites for hydroxylation is 1. The second-order valence-corrected chi connectivity index (χ2v) is 4.24. The fourth-order valence-corrected chi connectivity index (χ4v) is 1.75. The third-order valence-corrected chi connectivity index (χ3v) is 2.84. The van der Waals surface area contributed by atoms with Gasteiger partial charge in [0, 0.05) is 11.4 Å². The molecule has 0 spiro atoms. The summed E-state index contributed by atoms with van der Waals surface area (Å²) in [6.07, 6.45) is -5.95. The predicted molar refractivity (Wildman–Crippen MR) is 65.0 cm³/mol. The summed E-state index contributed by atoms with van der Waals surface area (Å²) in [7, 11) is 0. The van der Waals surface area contributed by atoms with Crippen LogP contribution in [0.3, 0.4) is 0 Å². The third-order valence-electron chi connectivity index (χ3n) is 2.47. The maximum Gasteiger partial charge on any atom is 0.425 e. The first-order chi connectivity index (χ1) is 8.38. The monoisotopic (exact) mass is 281 g/mol. The van der Waals surface area contributed by atoms with Crippen LogP contribution in [0.5, 0.6) is 5.75 Å². The van der Waals surface area contributed by atoms with Gasteiger partial charge in [0.2, 0.25) is 0 Å². The van der Waals surface area contributed by atoms with Crippen LogP contribution in [0.2, 0.25) is 5.02 Å². The van der Waals surface area contributed by atoms with E-state index < -0.39 is 12.3 Å². The Morgan fingerprint density at radius 1 is 1.39 bits per heavy atom. The lowest BCUT2D eigenvalue weighted by atomic mass is 10.1. The Bertz CT molecular complexity index is 395. The molecule has 0 saturated carbocycles. The van der Waals surface area contributed by atoms with E-state index in [0.29, 0.717) is 11.4 Å². The highest BCUT2D eigenvalue weighted by atomic mass is 35.5. The average molecular weight is 282 g/mol. The second-order valence-electron chi connectivity index (χ2n) is 3.83. The lowest BCUT2D eigenvalue weighted by Gasteiger charge is -2.21. The Morgan fingerprint density at radius 2 is 2.06 bits per heavy atom. The molecule has 2 nitrogen and oxygen atoms in total. The van der Waals surface area contributed by atoms with Crippen LogP contribution in [-0.2, 0) is 6.42 Å². The van der Waals surface area contributed by atoms with Crippen LogP contribution in [0.4, 0.5) is 13.2 Å². The molecule has 2 N–H and O–H groups in total. The minimum Gasteiger partial charge on any atom is -0.481 e. The summed E-state index contributed by atoms with van der Waals surface area (Å²) in [5.74, 6) is 0.159. The highest BCUT2D eigenvalue weighted by Gasteiger charge is 2.41. The summed E-state index contributed by atoms with van der Waals surface area (Å²) in [6, 6.07) is 4.49. The van der Waals surface area contributed by atoms with Gasteiger partial charge in [-0.05, 0) is 36.7 Å². The summed E-state index contributed by atoms with van der Waals surface area (Å²) in [4.78, 5) is 0. The average Bonchev–Trinajstić information content (AvgIpc) is 2.29. The van der Waals surface area contributed by atoms with E-state index in [0.717, 1.165) is 5.56 Å². The van der Waals surface area contributed by atoms with E-state index >= 15 is 0 Å². The molecule has 6 heteroatoms. The molecule has 0 fully saturated rings. The molecule has 1 aromatic rings. The van der Waals surface area contributed by atoms with Crippen LogP contribution in [0.15, 0.2) is 18.2 Å². The maximum absolute atomic E-state index is 12.6. The van der Waals surface area contributed by atoms with Gasteiger partial charge in [0.05, 0.1) is 0 Å². The highest BCUT2D eigenvalue weighted by molar-refractivity contribution is 6.31. The van der Waals surface area contributed by atoms with Gasteiger partial charge >= 0.3 is 6.18 Å². The van der Waals surface area contributed by atoms with Crippen molar-refractivity contribution in [2.75, 3.05) is 6.54 Å². The van der Waals surface area contributed by atoms with Gasteiger partial charge in [0.25, 0.3) is 0 Å². The van der Waals surface area contributed by atoms with Gasteiger partial charge in [-0.1, -0.05) is 18.5 Å². The Morgan fingerprint density at radius 3 is 2.56 bits per heavy atom. The zero-order chi connectivity index (χ0) is 13.8. The first-order valence-electron chi connectivity index (χ1n) is 5.60. The van der Waals surface area contributed by atoms with Gasteiger partial charge < -0.3 is 10.5 Å². The molecule has 102 valence electrons. The minimum atomic E-state index is -4.43. The second kappa shape index (κ2) is 6.29. The molecule has 0 bridgehead atoms. The molecule has 0 saturated heterocycles. The molecule has 0 aliphatic heterocycles. The zero-order valence-electron chi connectivity index (χ0n) is 9.93. The van der Waals surface area contributed by atoms with Crippen LogP contribution in [0, 0.1) is 0 Å². The van der Waals surface area contributed by atoms with Gasteiger partial charge in [0.15, 0.2) is 6.10 Å². The van der Waals surface area contributed by atoms with E-state index in [-0.39, 0.29) is 18.7 Å². The number of hydrogen-bond acceptors (Lipinski definition) is 2. The number of hydrogen-bond donors (Lipinski definition) is 1. The molecule has 0 aliphatic carbocycles. The standard InChI is InChI=1S/C12H15ClF3NO/c1-2-8-7-9(3-4-10(8)13)18-11(5-6-17)12(14,15)16/h3-4,7,11H,2,5-6,17H2,1H3. The van der Waals surface area contributed by atoms with Crippen LogP contribution in [-0.4, -0.2) is 18.8 Å². The van der Waals surface area contributed by atoms with Gasteiger partial charge in [-0.25, -0.2) is 0 Å². The van der Waals surface area contributed by atoms with E-state index in [9.17, 15) is 13.2 Å². The molecule has 0 amide bonds. The summed E-state index contributed by atoms with van der Waals surface area (Å²) < 4.78 is 42.9. The van der Waals surface area contributed by atoms with E-state index in [2.05, 4.69) is 0 Å². The summed E-state index contributed by atoms with van der Waals surface area (Å²) in [5, 5.41) is 0.521. The van der Waals surface area contributed by atoms with Crippen molar-refractivity contribution < 1.29 is 17.9 Å². The normalized spacial score (nSPS) is 13.4. The Hall–Kier alpha value is -0.940. The molecule has 18 heavy (non-hydrogen) atoms. The Kier molecular flexibility index (Phi) is 5.28. The Labute approximate surface area is 109 Å². The minimum absolute atomic E-state index is 0.0849. The van der Waals surface area contributed by atoms with Crippen molar-refractivity contribution in [3.05, 3.63) is 28.8 Å². The molecular weight excluding hydrogens is 267 g/mol. The lowest BCUT2D eigenvalue weighted by Crippen LogP contribution is -2.36. The van der Waals surface area contributed by atoms with Crippen molar-refractivity contribution in [2.45, 2.75) is 32.0 Å². The fraction of sp³-hybridized carbons (Fsp3) is 0.500. The number of rotatable bonds is 5. The van der Waals surface area contributed by atoms with Gasteiger partial charge in [-0.3, -0.25) is 0 Å². The first kappa shape index (κ1) is 15.1. The van der Waals surface area contributed by atoms with Crippen LogP contribution in [0.25, 0.3) is 0 Å². The fourth-order valence-electron chi connectivity index (χ4n) is 1.50. The van der Waals surface area contributed by atoms with Crippen molar-refractivity contribution >= 4 is 11.6 Å². The molecular formula is C12H15ClF3NO. The van der Waals surface area contributed by atoms with Crippen LogP contribution in [0.1, 0.15) is 18.9 Å². The molecule has 1 atom stereocenters. The zero-order valence-corrected chi connectivity index (χ0v) is 10.7. The summed E-state index contributed by atoms with van der Waals surface area (Å²) in [5.41, 5.74) is 5.91.